The Bertz CT molecular complexity index is 3100. The molecule has 7 heteroatoms. The fraction of sp³-hybridized carbons (Fsp3) is 0.0652. The molecule has 0 unspecified atom stereocenters. The molecule has 0 bridgehead atoms. The van der Waals surface area contributed by atoms with Gasteiger partial charge in [-0.3, -0.25) is 4.57 Å². The number of fused-ring (bicyclic) bond motifs is 10. The average molecular weight is 683 g/mol. The molecule has 1 aliphatic rings. The van der Waals surface area contributed by atoms with Gasteiger partial charge in [0.25, 0.3) is 0 Å². The van der Waals surface area contributed by atoms with Gasteiger partial charge in [0.2, 0.25) is 5.95 Å². The van der Waals surface area contributed by atoms with Crippen LogP contribution in [0.25, 0.3) is 95.1 Å². The summed E-state index contributed by atoms with van der Waals surface area (Å²) >= 11 is 0. The molecule has 0 saturated heterocycles. The molecule has 0 spiro atoms. The molecule has 4 aromatic heterocycles. The summed E-state index contributed by atoms with van der Waals surface area (Å²) in [6.45, 7) is 4.57. The highest BCUT2D eigenvalue weighted by Crippen LogP contribution is 2.49. The van der Waals surface area contributed by atoms with Crippen LogP contribution in [0.4, 0.5) is 0 Å². The second-order valence-electron chi connectivity index (χ2n) is 14.1. The molecule has 0 atom stereocenters. The van der Waals surface area contributed by atoms with Crippen molar-refractivity contribution in [2.24, 2.45) is 0 Å². The SMILES string of the molecule is CC1(C)c2ccccc2-c2ccc(-c3nc(-c4ccccc4)nc(-c4ccnc(-n5c6ccccc6c6ccc7c8ccccc8oc7c65)n4)n3)cc21. The lowest BCUT2D eigenvalue weighted by molar-refractivity contribution is 0.660. The van der Waals surface area contributed by atoms with E-state index < -0.39 is 0 Å². The molecule has 250 valence electrons. The Kier molecular flexibility index (Phi) is 6.17. The Morgan fingerprint density at radius 3 is 2.11 bits per heavy atom. The van der Waals surface area contributed by atoms with Gasteiger partial charge in [-0.15, -0.1) is 0 Å². The van der Waals surface area contributed by atoms with Crippen LogP contribution in [0.1, 0.15) is 25.0 Å². The molecule has 0 radical (unpaired) electrons. The second kappa shape index (κ2) is 11.0. The van der Waals surface area contributed by atoms with Crippen molar-refractivity contribution < 1.29 is 4.42 Å². The van der Waals surface area contributed by atoms with Crippen LogP contribution >= 0.6 is 0 Å². The Labute approximate surface area is 304 Å². The maximum atomic E-state index is 6.56. The molecule has 6 aromatic carbocycles. The van der Waals surface area contributed by atoms with E-state index in [0.717, 1.165) is 54.9 Å². The van der Waals surface area contributed by atoms with E-state index in [-0.39, 0.29) is 5.41 Å². The molecule has 11 rings (SSSR count). The molecule has 0 fully saturated rings. The summed E-state index contributed by atoms with van der Waals surface area (Å²) in [5.41, 5.74) is 10.9. The Morgan fingerprint density at radius 2 is 1.23 bits per heavy atom. The fourth-order valence-electron chi connectivity index (χ4n) is 8.20. The third-order valence-corrected chi connectivity index (χ3v) is 10.8. The van der Waals surface area contributed by atoms with E-state index in [1.165, 1.54) is 22.3 Å². The van der Waals surface area contributed by atoms with Crippen molar-refractivity contribution >= 4 is 43.7 Å². The number of hydrogen-bond acceptors (Lipinski definition) is 6. The predicted molar refractivity (Wildman–Crippen MR) is 211 cm³/mol. The summed E-state index contributed by atoms with van der Waals surface area (Å²) in [6, 6.07) is 47.9. The van der Waals surface area contributed by atoms with E-state index in [1.807, 2.05) is 60.7 Å². The first-order valence-corrected chi connectivity index (χ1v) is 17.8. The molecule has 1 aliphatic carbocycles. The van der Waals surface area contributed by atoms with Gasteiger partial charge in [-0.2, -0.15) is 0 Å². The van der Waals surface area contributed by atoms with E-state index in [9.17, 15) is 0 Å². The minimum absolute atomic E-state index is 0.158. The van der Waals surface area contributed by atoms with Crippen LogP contribution in [0.5, 0.6) is 0 Å². The van der Waals surface area contributed by atoms with Gasteiger partial charge in [0.1, 0.15) is 16.8 Å². The van der Waals surface area contributed by atoms with Crippen LogP contribution in [0, 0.1) is 0 Å². The van der Waals surface area contributed by atoms with Crippen LogP contribution in [0.15, 0.2) is 150 Å². The largest absolute Gasteiger partial charge is 0.454 e. The molecule has 0 N–H and O–H groups in total. The van der Waals surface area contributed by atoms with E-state index in [4.69, 9.17) is 29.3 Å². The average Bonchev–Trinajstić information content (AvgIpc) is 3.84. The molecule has 10 aromatic rings. The first kappa shape index (κ1) is 29.7. The quantitative estimate of drug-likeness (QED) is 0.184. The normalized spacial score (nSPS) is 13.2. The zero-order chi connectivity index (χ0) is 35.3. The third-order valence-electron chi connectivity index (χ3n) is 10.8. The lowest BCUT2D eigenvalue weighted by Gasteiger charge is -2.21. The van der Waals surface area contributed by atoms with Crippen LogP contribution in [-0.4, -0.2) is 29.5 Å². The van der Waals surface area contributed by atoms with Gasteiger partial charge in [-0.05, 0) is 52.6 Å². The van der Waals surface area contributed by atoms with Gasteiger partial charge in [-0.25, -0.2) is 24.9 Å². The smallest absolute Gasteiger partial charge is 0.235 e. The van der Waals surface area contributed by atoms with E-state index in [1.54, 1.807) is 6.20 Å². The minimum Gasteiger partial charge on any atom is -0.454 e. The first-order valence-electron chi connectivity index (χ1n) is 17.8. The van der Waals surface area contributed by atoms with Crippen LogP contribution in [-0.2, 0) is 5.41 Å². The number of nitrogens with zero attached hydrogens (tertiary/aromatic N) is 6. The fourth-order valence-corrected chi connectivity index (χ4v) is 8.20. The van der Waals surface area contributed by atoms with Crippen LogP contribution in [0.3, 0.4) is 0 Å². The number of rotatable bonds is 4. The summed E-state index contributed by atoms with van der Waals surface area (Å²) in [4.78, 5) is 25.2. The Hall–Kier alpha value is -6.99. The number of hydrogen-bond donors (Lipinski definition) is 0. The third kappa shape index (κ3) is 4.37. The standard InChI is InChI=1S/C46H30N6O/c1-46(2)35-17-9-6-14-29(35)30-21-20-28(26-36(30)46)43-49-42(27-12-4-3-5-13-27)50-44(51-43)37-24-25-47-45(48-37)52-38-18-10-7-15-31(38)33-22-23-34-32-16-8-11-19-39(32)53-41(34)40(33)52/h3-26H,1-2H3. The van der Waals surface area contributed by atoms with Crippen molar-refractivity contribution in [3.05, 3.63) is 157 Å². The number of aromatic nitrogens is 6. The highest BCUT2D eigenvalue weighted by Gasteiger charge is 2.35. The summed E-state index contributed by atoms with van der Waals surface area (Å²) in [5, 5.41) is 4.27. The van der Waals surface area contributed by atoms with Crippen molar-refractivity contribution in [1.29, 1.82) is 0 Å². The second-order valence-corrected chi connectivity index (χ2v) is 14.1. The summed E-state index contributed by atoms with van der Waals surface area (Å²) < 4.78 is 8.66. The summed E-state index contributed by atoms with van der Waals surface area (Å²) in [7, 11) is 0. The van der Waals surface area contributed by atoms with E-state index >= 15 is 0 Å². The van der Waals surface area contributed by atoms with Crippen LogP contribution < -0.4 is 0 Å². The predicted octanol–water partition coefficient (Wildman–Crippen LogP) is 11.0. The highest BCUT2D eigenvalue weighted by molar-refractivity contribution is 6.21. The maximum Gasteiger partial charge on any atom is 0.235 e. The number of para-hydroxylation sites is 2. The Morgan fingerprint density at radius 1 is 0.528 bits per heavy atom. The molecule has 53 heavy (non-hydrogen) atoms. The van der Waals surface area contributed by atoms with Crippen molar-refractivity contribution in [2.75, 3.05) is 0 Å². The number of benzene rings is 6. The summed E-state index contributed by atoms with van der Waals surface area (Å²) in [6.07, 6.45) is 1.78. The van der Waals surface area contributed by atoms with Crippen molar-refractivity contribution in [3.8, 4) is 51.4 Å². The molecule has 7 nitrogen and oxygen atoms in total. The van der Waals surface area contributed by atoms with Gasteiger partial charge in [-0.1, -0.05) is 123 Å². The lowest BCUT2D eigenvalue weighted by atomic mass is 9.82. The van der Waals surface area contributed by atoms with Gasteiger partial charge in [0, 0.05) is 44.3 Å². The van der Waals surface area contributed by atoms with Gasteiger partial charge < -0.3 is 4.42 Å². The summed E-state index contributed by atoms with van der Waals surface area (Å²) in [5.74, 6) is 2.14. The van der Waals surface area contributed by atoms with E-state index in [0.29, 0.717) is 29.1 Å². The molecule has 0 saturated carbocycles. The van der Waals surface area contributed by atoms with Crippen molar-refractivity contribution in [1.82, 2.24) is 29.5 Å². The lowest BCUT2D eigenvalue weighted by Crippen LogP contribution is -2.15. The zero-order valence-corrected chi connectivity index (χ0v) is 28.9. The Balaban J connectivity index is 1.12. The van der Waals surface area contributed by atoms with Crippen LogP contribution in [0.2, 0.25) is 0 Å². The molecule has 0 aliphatic heterocycles. The topological polar surface area (TPSA) is 82.5 Å². The zero-order valence-electron chi connectivity index (χ0n) is 28.9. The number of furan rings is 1. The van der Waals surface area contributed by atoms with Gasteiger partial charge in [0.15, 0.2) is 23.1 Å². The minimum atomic E-state index is -0.158. The highest BCUT2D eigenvalue weighted by atomic mass is 16.3. The van der Waals surface area contributed by atoms with Gasteiger partial charge in [0.05, 0.1) is 5.52 Å². The van der Waals surface area contributed by atoms with Crippen molar-refractivity contribution in [2.45, 2.75) is 19.3 Å². The first-order chi connectivity index (χ1) is 26.0. The monoisotopic (exact) mass is 682 g/mol. The molecule has 4 heterocycles. The molecular formula is C46H30N6O. The molecular weight excluding hydrogens is 653 g/mol. The molecule has 0 amide bonds. The van der Waals surface area contributed by atoms with Gasteiger partial charge >= 0.3 is 0 Å². The van der Waals surface area contributed by atoms with Crippen molar-refractivity contribution in [3.63, 3.8) is 0 Å². The van der Waals surface area contributed by atoms with E-state index in [2.05, 4.69) is 97.3 Å². The maximum absolute atomic E-state index is 6.56.